The third-order valence-corrected chi connectivity index (χ3v) is 7.11. The first kappa shape index (κ1) is 17.1. The summed E-state index contributed by atoms with van der Waals surface area (Å²) in [6.07, 6.45) is 0. The number of hydrogen-bond donors (Lipinski definition) is 0. The highest BCUT2D eigenvalue weighted by atomic mass is 28.3. The van der Waals surface area contributed by atoms with Crippen molar-refractivity contribution in [1.82, 2.24) is 0 Å². The number of hydrogen-bond acceptors (Lipinski definition) is 2. The van der Waals surface area contributed by atoms with Crippen molar-refractivity contribution in [2.75, 3.05) is 0 Å². The zero-order valence-corrected chi connectivity index (χ0v) is 15.9. The maximum atomic E-state index is 4.60. The van der Waals surface area contributed by atoms with Crippen LogP contribution in [0.25, 0.3) is 0 Å². The molecular weight excluding hydrogens is 344 g/mol. The van der Waals surface area contributed by atoms with E-state index in [2.05, 4.69) is 89.1 Å². The topological polar surface area (TPSA) is 24.7 Å². The molecule has 0 amide bonds. The molecule has 3 heteroatoms. The Kier molecular flexibility index (Phi) is 5.32. The van der Waals surface area contributed by atoms with E-state index in [9.17, 15) is 0 Å². The highest BCUT2D eigenvalue weighted by Gasteiger charge is 2.22. The van der Waals surface area contributed by atoms with Crippen molar-refractivity contribution in [3.05, 3.63) is 115 Å². The monoisotopic (exact) mass is 363 g/mol. The van der Waals surface area contributed by atoms with Gasteiger partial charge in [0.1, 0.15) is 0 Å². The molecule has 0 unspecified atom stereocenters. The minimum absolute atomic E-state index is 0.862. The van der Waals surface area contributed by atoms with Gasteiger partial charge in [-0.2, -0.15) is 10.2 Å². The Hall–Kier alpha value is -3.30. The van der Waals surface area contributed by atoms with Crippen molar-refractivity contribution < 1.29 is 0 Å². The summed E-state index contributed by atoms with van der Waals surface area (Å²) in [5.41, 5.74) is 1.79. The molecule has 0 saturated heterocycles. The van der Waals surface area contributed by atoms with Gasteiger partial charge in [-0.3, -0.25) is 0 Å². The van der Waals surface area contributed by atoms with E-state index in [-0.39, 0.29) is 0 Å². The van der Waals surface area contributed by atoms with Gasteiger partial charge in [0.2, 0.25) is 0 Å². The van der Waals surface area contributed by atoms with Crippen molar-refractivity contribution in [2.24, 2.45) is 10.2 Å². The summed E-state index contributed by atoms with van der Waals surface area (Å²) in [5.74, 6) is 0. The van der Waals surface area contributed by atoms with Gasteiger partial charge in [-0.1, -0.05) is 107 Å². The van der Waals surface area contributed by atoms with Crippen LogP contribution >= 0.6 is 0 Å². The fraction of sp³-hybridized carbons (Fsp3) is 0. The van der Waals surface area contributed by atoms with E-state index in [1.165, 1.54) is 15.6 Å². The van der Waals surface area contributed by atoms with Crippen molar-refractivity contribution in [3.8, 4) is 0 Å². The summed E-state index contributed by atoms with van der Waals surface area (Å²) in [4.78, 5) is 0. The molecule has 0 aliphatic heterocycles. The van der Waals surface area contributed by atoms with Crippen LogP contribution in [0, 0.1) is 0 Å². The zero-order chi connectivity index (χ0) is 18.3. The average Bonchev–Trinajstić information content (AvgIpc) is 2.76. The van der Waals surface area contributed by atoms with Crippen molar-refractivity contribution >= 4 is 35.7 Å². The lowest BCUT2D eigenvalue weighted by molar-refractivity contribution is 1.24. The normalized spacial score (nSPS) is 11.1. The Morgan fingerprint density at radius 3 is 1.52 bits per heavy atom. The molecule has 4 rings (SSSR count). The Morgan fingerprint density at radius 2 is 0.926 bits per heavy atom. The van der Waals surface area contributed by atoms with Gasteiger partial charge >= 0.3 is 0 Å². The van der Waals surface area contributed by atoms with Crippen LogP contribution in [0.4, 0.5) is 11.4 Å². The molecule has 0 fully saturated rings. The summed E-state index contributed by atoms with van der Waals surface area (Å²) in [6.45, 7) is 0. The molecule has 27 heavy (non-hydrogen) atoms. The molecule has 0 aliphatic rings. The minimum atomic E-state index is -1.16. The Balaban J connectivity index is 1.81. The third-order valence-electron chi connectivity index (χ3n) is 4.33. The quantitative estimate of drug-likeness (QED) is 0.281. The van der Waals surface area contributed by atoms with Crippen LogP contribution in [0.2, 0.25) is 0 Å². The van der Waals surface area contributed by atoms with Gasteiger partial charge in [0.05, 0.1) is 11.4 Å². The van der Waals surface area contributed by atoms with Gasteiger partial charge in [0.25, 0.3) is 0 Å². The van der Waals surface area contributed by atoms with Gasteiger partial charge in [-0.05, 0) is 23.4 Å². The second kappa shape index (κ2) is 8.38. The molecule has 0 atom stereocenters. The fourth-order valence-corrected chi connectivity index (χ4v) is 5.73. The molecule has 1 radical (unpaired) electrons. The van der Waals surface area contributed by atoms with Gasteiger partial charge in [-0.25, -0.2) is 0 Å². The van der Waals surface area contributed by atoms with Gasteiger partial charge in [0, 0.05) is 0 Å². The molecule has 0 N–H and O–H groups in total. The number of azo groups is 1. The lowest BCUT2D eigenvalue weighted by atomic mass is 10.3. The van der Waals surface area contributed by atoms with Crippen LogP contribution in [0.3, 0.4) is 0 Å². The molecule has 0 spiro atoms. The first-order valence-electron chi connectivity index (χ1n) is 8.96. The van der Waals surface area contributed by atoms with Crippen LogP contribution in [0.1, 0.15) is 0 Å². The smallest absolute Gasteiger partial charge is 0.151 e. The number of rotatable bonds is 5. The van der Waals surface area contributed by atoms with Crippen LogP contribution in [0.5, 0.6) is 0 Å². The van der Waals surface area contributed by atoms with E-state index in [1.807, 2.05) is 36.4 Å². The van der Waals surface area contributed by atoms with Crippen molar-refractivity contribution in [3.63, 3.8) is 0 Å². The lowest BCUT2D eigenvalue weighted by Gasteiger charge is -2.18. The molecule has 0 aromatic heterocycles. The molecule has 4 aromatic rings. The maximum absolute atomic E-state index is 4.60. The van der Waals surface area contributed by atoms with Crippen LogP contribution in [-0.4, -0.2) is 8.80 Å². The Bertz CT molecular complexity index is 976. The maximum Gasteiger partial charge on any atom is 0.157 e. The Morgan fingerprint density at radius 1 is 0.444 bits per heavy atom. The van der Waals surface area contributed by atoms with E-state index in [4.69, 9.17) is 0 Å². The summed E-state index contributed by atoms with van der Waals surface area (Å²) >= 11 is 0. The molecule has 4 aromatic carbocycles. The molecule has 0 bridgehead atoms. The van der Waals surface area contributed by atoms with E-state index in [0.717, 1.165) is 11.4 Å². The second-order valence-corrected chi connectivity index (χ2v) is 8.60. The van der Waals surface area contributed by atoms with Crippen LogP contribution in [0.15, 0.2) is 125 Å². The van der Waals surface area contributed by atoms with Gasteiger partial charge < -0.3 is 0 Å². The summed E-state index contributed by atoms with van der Waals surface area (Å²) in [5, 5.41) is 13.0. The second-order valence-electron chi connectivity index (χ2n) is 6.16. The van der Waals surface area contributed by atoms with E-state index >= 15 is 0 Å². The van der Waals surface area contributed by atoms with E-state index in [1.54, 1.807) is 0 Å². The SMILES string of the molecule is c1ccc(N=Nc2ccccc2[Si](c2ccccc2)c2ccccc2)cc1. The first-order valence-corrected chi connectivity index (χ1v) is 10.5. The summed E-state index contributed by atoms with van der Waals surface area (Å²) in [6, 6.07) is 39.6. The third kappa shape index (κ3) is 4.10. The highest BCUT2D eigenvalue weighted by molar-refractivity contribution is 6.96. The molecule has 0 heterocycles. The fourth-order valence-electron chi connectivity index (χ4n) is 3.07. The van der Waals surface area contributed by atoms with E-state index in [0.29, 0.717) is 0 Å². The summed E-state index contributed by atoms with van der Waals surface area (Å²) in [7, 11) is -1.16. The summed E-state index contributed by atoms with van der Waals surface area (Å²) < 4.78 is 0. The molecule has 0 saturated carbocycles. The van der Waals surface area contributed by atoms with Crippen molar-refractivity contribution in [2.45, 2.75) is 0 Å². The zero-order valence-electron chi connectivity index (χ0n) is 14.9. The minimum Gasteiger partial charge on any atom is -0.151 e. The first-order chi connectivity index (χ1) is 13.4. The molecular formula is C24H19N2Si. The average molecular weight is 364 g/mol. The molecule has 2 nitrogen and oxygen atoms in total. The number of nitrogens with zero attached hydrogens (tertiary/aromatic N) is 2. The van der Waals surface area contributed by atoms with Gasteiger partial charge in [0.15, 0.2) is 8.80 Å². The molecule has 0 aliphatic carbocycles. The van der Waals surface area contributed by atoms with E-state index < -0.39 is 8.80 Å². The molecule has 129 valence electrons. The number of benzene rings is 4. The predicted octanol–water partition coefficient (Wildman–Crippen LogP) is 4.62. The Labute approximate surface area is 161 Å². The largest absolute Gasteiger partial charge is 0.157 e. The lowest BCUT2D eigenvalue weighted by Crippen LogP contribution is -2.52. The van der Waals surface area contributed by atoms with Crippen LogP contribution in [-0.2, 0) is 0 Å². The highest BCUT2D eigenvalue weighted by Crippen LogP contribution is 2.16. The van der Waals surface area contributed by atoms with Crippen LogP contribution < -0.4 is 15.6 Å². The van der Waals surface area contributed by atoms with Crippen molar-refractivity contribution in [1.29, 1.82) is 0 Å². The predicted molar refractivity (Wildman–Crippen MR) is 115 cm³/mol. The standard InChI is InChI=1S/C24H19N2Si/c1-4-12-20(13-5-1)25-26-23-18-10-11-19-24(23)27(21-14-6-2-7-15-21)22-16-8-3-9-17-22/h1-19H. The van der Waals surface area contributed by atoms with Gasteiger partial charge in [-0.15, -0.1) is 0 Å².